The topological polar surface area (TPSA) is 44.5 Å². The first kappa shape index (κ1) is 16.3. The minimum Gasteiger partial charge on any atom is -0.491 e. The van der Waals surface area contributed by atoms with Gasteiger partial charge in [0.05, 0.1) is 17.7 Å². The van der Waals surface area contributed by atoms with E-state index in [-0.39, 0.29) is 6.04 Å². The summed E-state index contributed by atoms with van der Waals surface area (Å²) < 4.78 is 11.6. The molecule has 0 aromatic heterocycles. The Labute approximate surface area is 138 Å². The van der Waals surface area contributed by atoms with E-state index in [1.165, 1.54) is 0 Å². The summed E-state index contributed by atoms with van der Waals surface area (Å²) in [6.07, 6.45) is 0. The van der Waals surface area contributed by atoms with E-state index in [0.29, 0.717) is 18.2 Å². The first-order valence-corrected chi connectivity index (χ1v) is 7.72. The number of rotatable bonds is 6. The number of nitrogens with two attached hydrogens (primary N) is 1. The molecule has 0 aliphatic heterocycles. The molecule has 21 heavy (non-hydrogen) atoms. The Bertz CT molecular complexity index is 607. The van der Waals surface area contributed by atoms with Gasteiger partial charge >= 0.3 is 0 Å². The molecule has 0 saturated carbocycles. The summed E-state index contributed by atoms with van der Waals surface area (Å²) in [4.78, 5) is 0. The second kappa shape index (κ2) is 7.80. The number of halogens is 2. The monoisotopic (exact) mass is 369 g/mol. The number of hydrogen-bond donors (Lipinski definition) is 1. The number of hydrogen-bond acceptors (Lipinski definition) is 3. The first-order valence-electron chi connectivity index (χ1n) is 6.55. The molecule has 1 atom stereocenters. The van der Waals surface area contributed by atoms with Gasteiger partial charge in [0.15, 0.2) is 0 Å². The largest absolute Gasteiger partial charge is 0.491 e. The van der Waals surface area contributed by atoms with Gasteiger partial charge in [-0.05, 0) is 33.6 Å². The van der Waals surface area contributed by atoms with Crippen LogP contribution in [0.5, 0.6) is 5.75 Å². The number of ether oxygens (including phenoxy) is 2. The third-order valence-electron chi connectivity index (χ3n) is 3.12. The highest BCUT2D eigenvalue weighted by atomic mass is 79.9. The van der Waals surface area contributed by atoms with Crippen LogP contribution in [0.25, 0.3) is 0 Å². The Morgan fingerprint density at radius 1 is 1.10 bits per heavy atom. The van der Waals surface area contributed by atoms with Crippen LogP contribution in [0.4, 0.5) is 0 Å². The van der Waals surface area contributed by atoms with E-state index >= 15 is 0 Å². The molecule has 0 spiro atoms. The number of methoxy groups -OCH3 is 1. The van der Waals surface area contributed by atoms with E-state index in [1.54, 1.807) is 7.11 Å². The lowest BCUT2D eigenvalue weighted by molar-refractivity contribution is 0.145. The van der Waals surface area contributed by atoms with Crippen molar-refractivity contribution in [3.05, 3.63) is 63.1 Å². The average molecular weight is 371 g/mol. The van der Waals surface area contributed by atoms with Gasteiger partial charge in [0, 0.05) is 17.1 Å². The lowest BCUT2D eigenvalue weighted by Crippen LogP contribution is -2.15. The Balaban J connectivity index is 2.30. The van der Waals surface area contributed by atoms with Gasteiger partial charge in [0.1, 0.15) is 12.4 Å². The Morgan fingerprint density at radius 2 is 1.81 bits per heavy atom. The number of benzene rings is 2. The van der Waals surface area contributed by atoms with Gasteiger partial charge in [-0.15, -0.1) is 0 Å². The van der Waals surface area contributed by atoms with Crippen molar-refractivity contribution in [2.75, 3.05) is 20.3 Å². The minimum absolute atomic E-state index is 0.353. The van der Waals surface area contributed by atoms with E-state index < -0.39 is 0 Å². The molecule has 0 radical (unpaired) electrons. The molecule has 112 valence electrons. The maximum atomic E-state index is 6.37. The lowest BCUT2D eigenvalue weighted by Gasteiger charge is -2.18. The summed E-state index contributed by atoms with van der Waals surface area (Å²) in [5, 5.41) is 0.622. The van der Waals surface area contributed by atoms with E-state index in [4.69, 9.17) is 26.8 Å². The van der Waals surface area contributed by atoms with Crippen LogP contribution in [0.3, 0.4) is 0 Å². The fourth-order valence-electron chi connectivity index (χ4n) is 2.03. The van der Waals surface area contributed by atoms with E-state index in [0.717, 1.165) is 21.3 Å². The van der Waals surface area contributed by atoms with Gasteiger partial charge in [-0.2, -0.15) is 0 Å². The van der Waals surface area contributed by atoms with Crippen LogP contribution < -0.4 is 10.5 Å². The minimum atomic E-state index is -0.353. The highest BCUT2D eigenvalue weighted by molar-refractivity contribution is 9.10. The normalized spacial score (nSPS) is 12.2. The zero-order valence-corrected chi connectivity index (χ0v) is 14.0. The van der Waals surface area contributed by atoms with E-state index in [2.05, 4.69) is 15.9 Å². The van der Waals surface area contributed by atoms with Crippen LogP contribution in [0.15, 0.2) is 46.9 Å². The van der Waals surface area contributed by atoms with Gasteiger partial charge < -0.3 is 15.2 Å². The van der Waals surface area contributed by atoms with Crippen molar-refractivity contribution in [3.8, 4) is 5.75 Å². The second-order valence-corrected chi connectivity index (χ2v) is 5.73. The summed E-state index contributed by atoms with van der Waals surface area (Å²) in [6, 6.07) is 13.1. The number of para-hydroxylation sites is 1. The second-order valence-electron chi connectivity index (χ2n) is 4.50. The smallest absolute Gasteiger partial charge is 0.124 e. The van der Waals surface area contributed by atoms with Crippen LogP contribution in [0.2, 0.25) is 5.02 Å². The van der Waals surface area contributed by atoms with E-state index in [1.807, 2.05) is 42.5 Å². The first-order chi connectivity index (χ1) is 10.1. The summed E-state index contributed by atoms with van der Waals surface area (Å²) in [5.74, 6) is 0.748. The molecule has 0 amide bonds. The molecule has 0 saturated heterocycles. The predicted octanol–water partition coefficient (Wildman–Crippen LogP) is 4.18. The molecule has 1 unspecified atom stereocenters. The Morgan fingerprint density at radius 3 is 2.57 bits per heavy atom. The van der Waals surface area contributed by atoms with Crippen molar-refractivity contribution >= 4 is 27.5 Å². The van der Waals surface area contributed by atoms with Crippen molar-refractivity contribution in [1.29, 1.82) is 0 Å². The van der Waals surface area contributed by atoms with Crippen molar-refractivity contribution in [2.45, 2.75) is 6.04 Å². The molecular formula is C16H17BrClNO2. The fourth-order valence-corrected chi connectivity index (χ4v) is 2.66. The van der Waals surface area contributed by atoms with Crippen LogP contribution >= 0.6 is 27.5 Å². The van der Waals surface area contributed by atoms with E-state index in [9.17, 15) is 0 Å². The molecule has 0 fully saturated rings. The SMILES string of the molecule is COCCOc1ccccc1C(N)c1cccc(Br)c1Cl. The van der Waals surface area contributed by atoms with Crippen LogP contribution in [-0.2, 0) is 4.74 Å². The van der Waals surface area contributed by atoms with Crippen LogP contribution in [-0.4, -0.2) is 20.3 Å². The summed E-state index contributed by atoms with van der Waals surface area (Å²) >= 11 is 9.75. The molecule has 2 rings (SSSR count). The molecule has 0 aliphatic rings. The summed E-state index contributed by atoms with van der Waals surface area (Å²) in [6.45, 7) is 1.01. The average Bonchev–Trinajstić information content (AvgIpc) is 2.50. The van der Waals surface area contributed by atoms with Crippen molar-refractivity contribution in [1.82, 2.24) is 0 Å². The molecular weight excluding hydrogens is 354 g/mol. The molecule has 5 heteroatoms. The third kappa shape index (κ3) is 3.98. The molecule has 0 aliphatic carbocycles. The van der Waals surface area contributed by atoms with Gasteiger partial charge in [-0.25, -0.2) is 0 Å². The predicted molar refractivity (Wildman–Crippen MR) is 89.0 cm³/mol. The van der Waals surface area contributed by atoms with Crippen molar-refractivity contribution < 1.29 is 9.47 Å². The van der Waals surface area contributed by atoms with Crippen molar-refractivity contribution in [2.24, 2.45) is 5.73 Å². The Kier molecular flexibility index (Phi) is 6.06. The molecule has 2 N–H and O–H groups in total. The Hall–Kier alpha value is -1.07. The summed E-state index contributed by atoms with van der Waals surface area (Å²) in [7, 11) is 1.64. The molecule has 2 aromatic carbocycles. The third-order valence-corrected chi connectivity index (χ3v) is 4.43. The molecule has 2 aromatic rings. The zero-order chi connectivity index (χ0) is 15.2. The van der Waals surface area contributed by atoms with Gasteiger partial charge in [0.25, 0.3) is 0 Å². The quantitative estimate of drug-likeness (QED) is 0.776. The van der Waals surface area contributed by atoms with Crippen LogP contribution in [0.1, 0.15) is 17.2 Å². The van der Waals surface area contributed by atoms with Gasteiger partial charge in [-0.1, -0.05) is 41.9 Å². The maximum absolute atomic E-state index is 6.37. The van der Waals surface area contributed by atoms with Gasteiger partial charge in [0.2, 0.25) is 0 Å². The van der Waals surface area contributed by atoms with Crippen molar-refractivity contribution in [3.63, 3.8) is 0 Å². The molecule has 0 bridgehead atoms. The highest BCUT2D eigenvalue weighted by Crippen LogP contribution is 2.35. The maximum Gasteiger partial charge on any atom is 0.124 e. The summed E-state index contributed by atoms with van der Waals surface area (Å²) in [5.41, 5.74) is 8.13. The molecule has 0 heterocycles. The molecule has 3 nitrogen and oxygen atoms in total. The van der Waals surface area contributed by atoms with Crippen LogP contribution in [0, 0.1) is 0 Å². The highest BCUT2D eigenvalue weighted by Gasteiger charge is 2.17. The standard InChI is InChI=1S/C16H17BrClNO2/c1-20-9-10-21-14-8-3-2-5-11(14)16(19)12-6-4-7-13(17)15(12)18/h2-8,16H,9-10,19H2,1H3. The fraction of sp³-hybridized carbons (Fsp3) is 0.250. The van der Waals surface area contributed by atoms with Gasteiger partial charge in [-0.3, -0.25) is 0 Å². The zero-order valence-electron chi connectivity index (χ0n) is 11.7. The lowest BCUT2D eigenvalue weighted by atomic mass is 9.99.